The first-order valence-corrected chi connectivity index (χ1v) is 11.3. The van der Waals surface area contributed by atoms with Crippen molar-refractivity contribution in [3.05, 3.63) is 116 Å². The molecule has 4 rings (SSSR count). The van der Waals surface area contributed by atoms with Gasteiger partial charge in [-0.3, -0.25) is 24.7 Å². The minimum Gasteiger partial charge on any atom is -0.494 e. The van der Waals surface area contributed by atoms with Crippen LogP contribution in [0.5, 0.6) is 5.88 Å². The van der Waals surface area contributed by atoms with Gasteiger partial charge in [0.05, 0.1) is 11.4 Å². The van der Waals surface area contributed by atoms with Crippen LogP contribution in [0.15, 0.2) is 99.6 Å². The highest BCUT2D eigenvalue weighted by Gasteiger charge is 2.36. The number of rotatable bonds is 6. The average molecular weight is 498 g/mol. The number of anilines is 1. The lowest BCUT2D eigenvalue weighted by Gasteiger charge is -2.26. The van der Waals surface area contributed by atoms with Crippen LogP contribution in [0.1, 0.15) is 18.9 Å². The normalized spacial score (nSPS) is 15.5. The predicted molar refractivity (Wildman–Crippen MR) is 137 cm³/mol. The number of hydrogen-bond acceptors (Lipinski definition) is 6. The number of imide groups is 2. The Kier molecular flexibility index (Phi) is 7.10. The summed E-state index contributed by atoms with van der Waals surface area (Å²) in [5.41, 5.74) is -0.700. The molecular formula is C27H22N4O6. The molecule has 4 amide bonds. The van der Waals surface area contributed by atoms with Crippen molar-refractivity contribution in [3.8, 4) is 11.6 Å². The van der Waals surface area contributed by atoms with Crippen molar-refractivity contribution in [2.24, 2.45) is 0 Å². The Morgan fingerprint density at radius 3 is 2.16 bits per heavy atom. The zero-order valence-electron chi connectivity index (χ0n) is 19.7. The molecule has 0 atom stereocenters. The lowest BCUT2D eigenvalue weighted by molar-refractivity contribution is -0.122. The van der Waals surface area contributed by atoms with Gasteiger partial charge in [-0.25, -0.2) is 19.1 Å². The molecule has 37 heavy (non-hydrogen) atoms. The maximum absolute atomic E-state index is 12.9. The summed E-state index contributed by atoms with van der Waals surface area (Å²) in [6.45, 7) is 1.81. The molecule has 2 heterocycles. The highest BCUT2D eigenvalue weighted by molar-refractivity contribution is 6.37. The lowest BCUT2D eigenvalue weighted by atomic mass is 10.1. The number of urea groups is 1. The van der Waals surface area contributed by atoms with Crippen molar-refractivity contribution in [3.63, 3.8) is 0 Å². The van der Waals surface area contributed by atoms with E-state index in [0.29, 0.717) is 23.4 Å². The first-order chi connectivity index (χ1) is 17.8. The third kappa shape index (κ3) is 5.08. The molecule has 2 aromatic carbocycles. The first-order valence-electron chi connectivity index (χ1n) is 11.3. The van der Waals surface area contributed by atoms with Crippen LogP contribution in [0.2, 0.25) is 0 Å². The van der Waals surface area contributed by atoms with E-state index in [9.17, 15) is 29.1 Å². The summed E-state index contributed by atoms with van der Waals surface area (Å²) in [6.07, 6.45) is 6.09. The number of allylic oxidation sites excluding steroid dienone is 4. The van der Waals surface area contributed by atoms with Crippen LogP contribution < -0.4 is 21.5 Å². The number of carbonyl (C=O) groups excluding carboxylic acids is 3. The van der Waals surface area contributed by atoms with E-state index in [1.165, 1.54) is 24.3 Å². The summed E-state index contributed by atoms with van der Waals surface area (Å²) in [5, 5.41) is 12.8. The van der Waals surface area contributed by atoms with Gasteiger partial charge in [0.15, 0.2) is 0 Å². The second kappa shape index (κ2) is 10.6. The Labute approximate surface area is 210 Å². The molecule has 1 fully saturated rings. The number of aromatic nitrogens is 2. The minimum absolute atomic E-state index is 0.150. The Hall–Kier alpha value is -5.25. The van der Waals surface area contributed by atoms with E-state index in [2.05, 4.69) is 10.3 Å². The van der Waals surface area contributed by atoms with E-state index in [1.54, 1.807) is 60.7 Å². The predicted octanol–water partition coefficient (Wildman–Crippen LogP) is 2.79. The quantitative estimate of drug-likeness (QED) is 0.271. The molecule has 10 heteroatoms. The summed E-state index contributed by atoms with van der Waals surface area (Å²) >= 11 is 0. The van der Waals surface area contributed by atoms with Gasteiger partial charge in [-0.1, -0.05) is 55.5 Å². The zero-order valence-corrected chi connectivity index (χ0v) is 19.7. The zero-order chi connectivity index (χ0) is 26.5. The fraction of sp³-hybridized carbons (Fsp3) is 0.0741. The van der Waals surface area contributed by atoms with Crippen molar-refractivity contribution in [2.75, 3.05) is 4.90 Å². The van der Waals surface area contributed by atoms with Gasteiger partial charge in [0.2, 0.25) is 5.88 Å². The number of nitrogens with one attached hydrogen (secondary N) is 2. The fourth-order valence-corrected chi connectivity index (χ4v) is 3.67. The number of carbonyl (C=O) groups is 3. The third-order valence-electron chi connectivity index (χ3n) is 5.59. The summed E-state index contributed by atoms with van der Waals surface area (Å²) < 4.78 is 0.971. The second-order valence-corrected chi connectivity index (χ2v) is 7.91. The molecule has 3 N–H and O–H groups in total. The van der Waals surface area contributed by atoms with Crippen LogP contribution in [-0.4, -0.2) is 32.5 Å². The average Bonchev–Trinajstić information content (AvgIpc) is 2.88. The molecule has 0 spiro atoms. The van der Waals surface area contributed by atoms with E-state index in [-0.39, 0.29) is 11.1 Å². The number of benzene rings is 2. The molecule has 1 aromatic heterocycles. The maximum Gasteiger partial charge on any atom is 0.335 e. The molecule has 0 bridgehead atoms. The van der Waals surface area contributed by atoms with Crippen LogP contribution in [-0.2, 0) is 9.59 Å². The van der Waals surface area contributed by atoms with Crippen molar-refractivity contribution in [1.82, 2.24) is 14.9 Å². The van der Waals surface area contributed by atoms with Gasteiger partial charge >= 0.3 is 11.7 Å². The Bertz CT molecular complexity index is 1580. The molecule has 10 nitrogen and oxygen atoms in total. The Balaban J connectivity index is 1.67. The second-order valence-electron chi connectivity index (χ2n) is 7.91. The Morgan fingerprint density at radius 1 is 0.919 bits per heavy atom. The number of aromatic hydroxyl groups is 1. The Morgan fingerprint density at radius 2 is 1.54 bits per heavy atom. The van der Waals surface area contributed by atoms with Crippen molar-refractivity contribution < 1.29 is 19.5 Å². The van der Waals surface area contributed by atoms with E-state index in [4.69, 9.17) is 0 Å². The molecule has 0 unspecified atom stereocenters. The van der Waals surface area contributed by atoms with E-state index >= 15 is 0 Å². The van der Waals surface area contributed by atoms with E-state index < -0.39 is 35.0 Å². The number of nitrogens with zero attached hydrogens (tertiary/aromatic N) is 2. The van der Waals surface area contributed by atoms with Crippen molar-refractivity contribution in [2.45, 2.75) is 13.3 Å². The van der Waals surface area contributed by atoms with Gasteiger partial charge in [-0.15, -0.1) is 0 Å². The SMILES string of the molecule is CCC(C=Cc1c(O)n(-c2ccccc2)c(=O)[nH]c1=O)=CC=C1C(=O)NC(=O)N(c2ccccc2)C1=O. The molecular weight excluding hydrogens is 476 g/mol. The minimum atomic E-state index is -0.846. The lowest BCUT2D eigenvalue weighted by Crippen LogP contribution is -2.54. The van der Waals surface area contributed by atoms with Crippen LogP contribution in [0.25, 0.3) is 11.8 Å². The molecule has 1 aliphatic rings. The van der Waals surface area contributed by atoms with Crippen molar-refractivity contribution >= 4 is 29.6 Å². The number of H-pyrrole nitrogens is 1. The van der Waals surface area contributed by atoms with Gasteiger partial charge in [-0.05, 0) is 48.4 Å². The molecule has 186 valence electrons. The molecule has 0 radical (unpaired) electrons. The van der Waals surface area contributed by atoms with Gasteiger partial charge in [0, 0.05) is 0 Å². The third-order valence-corrected chi connectivity index (χ3v) is 5.59. The van der Waals surface area contributed by atoms with Crippen LogP contribution in [0.3, 0.4) is 0 Å². The number of para-hydroxylation sites is 2. The van der Waals surface area contributed by atoms with Gasteiger partial charge in [-0.2, -0.15) is 0 Å². The summed E-state index contributed by atoms with van der Waals surface area (Å²) in [5.74, 6) is -2.15. The summed E-state index contributed by atoms with van der Waals surface area (Å²) in [4.78, 5) is 65.3. The molecule has 0 aliphatic carbocycles. The standard InChI is InChI=1S/C27H22N4O6/c1-2-17(13-15-20-22(32)28-26(36)30(24(20)34)18-9-5-3-6-10-18)14-16-21-23(33)29-27(37)31(25(21)35)19-11-7-4-8-12-19/h3-16,34H,2H2,1H3,(H,28,32,36)(H,29,33,37). The fourth-order valence-electron chi connectivity index (χ4n) is 3.67. The smallest absolute Gasteiger partial charge is 0.335 e. The summed E-state index contributed by atoms with van der Waals surface area (Å²) in [6, 6.07) is 15.7. The number of amides is 4. The highest BCUT2D eigenvalue weighted by atomic mass is 16.3. The van der Waals surface area contributed by atoms with Crippen LogP contribution in [0.4, 0.5) is 10.5 Å². The van der Waals surface area contributed by atoms with E-state index in [1.807, 2.05) is 6.92 Å². The highest BCUT2D eigenvalue weighted by Crippen LogP contribution is 2.21. The molecule has 0 saturated carbocycles. The van der Waals surface area contributed by atoms with E-state index in [0.717, 1.165) is 9.47 Å². The topological polar surface area (TPSA) is 142 Å². The van der Waals surface area contributed by atoms with Gasteiger partial charge in [0.1, 0.15) is 11.1 Å². The largest absolute Gasteiger partial charge is 0.494 e. The van der Waals surface area contributed by atoms with Gasteiger partial charge in [0.25, 0.3) is 17.4 Å². The maximum atomic E-state index is 12.9. The number of barbiturate groups is 1. The van der Waals surface area contributed by atoms with Crippen LogP contribution >= 0.6 is 0 Å². The first kappa shape index (κ1) is 24.9. The van der Waals surface area contributed by atoms with Crippen molar-refractivity contribution in [1.29, 1.82) is 0 Å². The summed E-state index contributed by atoms with van der Waals surface area (Å²) in [7, 11) is 0. The number of aromatic amines is 1. The van der Waals surface area contributed by atoms with Gasteiger partial charge < -0.3 is 5.11 Å². The van der Waals surface area contributed by atoms with Crippen LogP contribution in [0, 0.1) is 0 Å². The monoisotopic (exact) mass is 498 g/mol. The molecule has 3 aromatic rings. The number of hydrogen-bond donors (Lipinski definition) is 3. The molecule has 1 saturated heterocycles. The molecule has 1 aliphatic heterocycles.